The van der Waals surface area contributed by atoms with Crippen LogP contribution in [0.4, 0.5) is 0 Å². The molecule has 2 heteroatoms. The summed E-state index contributed by atoms with van der Waals surface area (Å²) in [5.41, 5.74) is 0.0931. The minimum Gasteiger partial charge on any atom is -0.377 e. The lowest BCUT2D eigenvalue weighted by Gasteiger charge is -2.32. The summed E-state index contributed by atoms with van der Waals surface area (Å²) in [5.74, 6) is -0.285. The van der Waals surface area contributed by atoms with Crippen LogP contribution < -0.4 is 0 Å². The highest BCUT2D eigenvalue weighted by Crippen LogP contribution is 2.40. The van der Waals surface area contributed by atoms with Gasteiger partial charge in [-0.1, -0.05) is 79.7 Å². The fourth-order valence-electron chi connectivity index (χ4n) is 3.39. The first-order chi connectivity index (χ1) is 11.2. The van der Waals surface area contributed by atoms with Crippen molar-refractivity contribution in [1.82, 2.24) is 0 Å². The van der Waals surface area contributed by atoms with Crippen LogP contribution in [-0.2, 0) is 10.4 Å². The van der Waals surface area contributed by atoms with E-state index in [-0.39, 0.29) is 5.92 Å². The molecule has 0 radical (unpaired) electrons. The van der Waals surface area contributed by atoms with Gasteiger partial charge in [-0.25, -0.2) is 0 Å². The van der Waals surface area contributed by atoms with Gasteiger partial charge >= 0.3 is 0 Å². The molecule has 116 valence electrons. The molecule has 0 unspecified atom stereocenters. The molecule has 0 amide bonds. The molecule has 2 atom stereocenters. The smallest absolute Gasteiger partial charge is 0.156 e. The summed E-state index contributed by atoms with van der Waals surface area (Å²) in [5, 5.41) is 13.3. The Morgan fingerprint density at radius 3 is 2.30 bits per heavy atom. The maximum absolute atomic E-state index is 12.0. The maximum Gasteiger partial charge on any atom is 0.156 e. The van der Waals surface area contributed by atoms with Crippen LogP contribution >= 0.6 is 0 Å². The van der Waals surface area contributed by atoms with E-state index in [1.54, 1.807) is 0 Å². The Hall–Kier alpha value is -2.45. The lowest BCUT2D eigenvalue weighted by Crippen LogP contribution is -2.35. The van der Waals surface area contributed by atoms with E-state index in [0.717, 1.165) is 16.3 Å². The average molecular weight is 304 g/mol. The van der Waals surface area contributed by atoms with Gasteiger partial charge in [-0.05, 0) is 28.3 Å². The molecule has 3 rings (SSSR count). The Labute approximate surface area is 136 Å². The van der Waals surface area contributed by atoms with Gasteiger partial charge in [-0.2, -0.15) is 0 Å². The molecule has 0 aliphatic heterocycles. The number of benzene rings is 3. The van der Waals surface area contributed by atoms with Crippen molar-refractivity contribution in [1.29, 1.82) is 0 Å². The first kappa shape index (κ1) is 15.4. The summed E-state index contributed by atoms with van der Waals surface area (Å²) in [4.78, 5) is 12.0. The molecule has 0 aliphatic carbocycles. The van der Waals surface area contributed by atoms with Crippen LogP contribution in [0.2, 0.25) is 0 Å². The summed E-state index contributed by atoms with van der Waals surface area (Å²) >= 11 is 0. The van der Waals surface area contributed by atoms with Crippen molar-refractivity contribution in [2.24, 2.45) is 0 Å². The number of carbonyl (C=O) groups is 1. The Bertz CT molecular complexity index is 805. The minimum absolute atomic E-state index is 0.285. The molecule has 0 saturated heterocycles. The van der Waals surface area contributed by atoms with Crippen LogP contribution in [0, 0.1) is 0 Å². The molecule has 3 aromatic carbocycles. The summed E-state index contributed by atoms with van der Waals surface area (Å²) in [6.07, 6.45) is 1.36. The average Bonchev–Trinajstić information content (AvgIpc) is 2.62. The first-order valence-corrected chi connectivity index (χ1v) is 7.92. The van der Waals surface area contributed by atoms with Gasteiger partial charge in [-0.3, -0.25) is 4.79 Å². The van der Waals surface area contributed by atoms with E-state index in [9.17, 15) is 9.90 Å². The molecular weight excluding hydrogens is 284 g/mol. The zero-order valence-electron chi connectivity index (χ0n) is 13.1. The number of fused-ring (bicyclic) bond motifs is 1. The third-order valence-electron chi connectivity index (χ3n) is 4.54. The topological polar surface area (TPSA) is 37.3 Å². The molecule has 0 heterocycles. The largest absolute Gasteiger partial charge is 0.377 e. The zero-order chi connectivity index (χ0) is 16.3. The normalized spacial score (nSPS) is 15.0. The van der Waals surface area contributed by atoms with Gasteiger partial charge in [0.1, 0.15) is 0 Å². The molecular formula is C21H20O2. The van der Waals surface area contributed by atoms with Gasteiger partial charge in [0.05, 0.1) is 0 Å². The Balaban J connectivity index is 2.21. The summed E-state index contributed by atoms with van der Waals surface area (Å²) < 4.78 is 0. The van der Waals surface area contributed by atoms with E-state index in [4.69, 9.17) is 0 Å². The van der Waals surface area contributed by atoms with Crippen LogP contribution in [0.25, 0.3) is 10.8 Å². The summed E-state index contributed by atoms with van der Waals surface area (Å²) in [7, 11) is 0. The van der Waals surface area contributed by atoms with Crippen molar-refractivity contribution < 1.29 is 9.90 Å². The molecule has 0 bridgehead atoms. The quantitative estimate of drug-likeness (QED) is 0.708. The van der Waals surface area contributed by atoms with Gasteiger partial charge in [0, 0.05) is 5.92 Å². The van der Waals surface area contributed by atoms with E-state index < -0.39 is 5.60 Å². The second-order valence-corrected chi connectivity index (χ2v) is 5.84. The highest BCUT2D eigenvalue weighted by Gasteiger charge is 2.39. The predicted molar refractivity (Wildman–Crippen MR) is 93.4 cm³/mol. The second-order valence-electron chi connectivity index (χ2n) is 5.84. The standard InChI is InChI=1S/C21H20O2/c1-2-19(17-10-4-3-5-11-17)21(23,15-22)20-14-8-12-16-9-6-7-13-18(16)20/h3-15,19,23H,2H2,1H3/t19-,21-/m0/s1. The summed E-state index contributed by atoms with van der Waals surface area (Å²) in [6.45, 7) is 2.00. The highest BCUT2D eigenvalue weighted by molar-refractivity contribution is 5.89. The van der Waals surface area contributed by atoms with Crippen molar-refractivity contribution in [3.05, 3.63) is 83.9 Å². The monoisotopic (exact) mass is 304 g/mol. The number of rotatable bonds is 5. The Morgan fingerprint density at radius 2 is 1.61 bits per heavy atom. The molecule has 2 nitrogen and oxygen atoms in total. The van der Waals surface area contributed by atoms with Crippen molar-refractivity contribution in [3.63, 3.8) is 0 Å². The van der Waals surface area contributed by atoms with E-state index >= 15 is 0 Å². The fraction of sp³-hybridized carbons (Fsp3) is 0.190. The molecule has 0 aliphatic rings. The molecule has 0 fully saturated rings. The fourth-order valence-corrected chi connectivity index (χ4v) is 3.39. The number of aldehydes is 1. The molecule has 0 aromatic heterocycles. The molecule has 0 saturated carbocycles. The number of aliphatic hydroxyl groups is 1. The third kappa shape index (κ3) is 2.66. The van der Waals surface area contributed by atoms with Crippen molar-refractivity contribution in [2.75, 3.05) is 0 Å². The summed E-state index contributed by atoms with van der Waals surface area (Å²) in [6, 6.07) is 23.3. The van der Waals surface area contributed by atoms with Crippen molar-refractivity contribution >= 4 is 17.1 Å². The van der Waals surface area contributed by atoms with E-state index in [1.807, 2.05) is 79.7 Å². The van der Waals surface area contributed by atoms with Crippen LogP contribution in [0.1, 0.15) is 30.4 Å². The van der Waals surface area contributed by atoms with Crippen LogP contribution in [0.5, 0.6) is 0 Å². The number of hydrogen-bond donors (Lipinski definition) is 1. The minimum atomic E-state index is -1.54. The second kappa shape index (κ2) is 6.35. The lowest BCUT2D eigenvalue weighted by molar-refractivity contribution is -0.127. The Kier molecular flexibility index (Phi) is 4.26. The van der Waals surface area contributed by atoms with Crippen LogP contribution in [0.15, 0.2) is 72.8 Å². The van der Waals surface area contributed by atoms with E-state index in [0.29, 0.717) is 18.3 Å². The predicted octanol–water partition coefficient (Wildman–Crippen LogP) is 4.42. The van der Waals surface area contributed by atoms with E-state index in [2.05, 4.69) is 0 Å². The molecule has 1 N–H and O–H groups in total. The molecule has 3 aromatic rings. The lowest BCUT2D eigenvalue weighted by atomic mass is 9.75. The van der Waals surface area contributed by atoms with Gasteiger partial charge in [0.25, 0.3) is 0 Å². The number of carbonyl (C=O) groups excluding carboxylic acids is 1. The number of hydrogen-bond acceptors (Lipinski definition) is 2. The van der Waals surface area contributed by atoms with Crippen molar-refractivity contribution in [2.45, 2.75) is 24.9 Å². The van der Waals surface area contributed by atoms with Crippen LogP contribution in [0.3, 0.4) is 0 Å². The van der Waals surface area contributed by atoms with Gasteiger partial charge < -0.3 is 5.11 Å². The van der Waals surface area contributed by atoms with Gasteiger partial charge in [-0.15, -0.1) is 0 Å². The van der Waals surface area contributed by atoms with E-state index in [1.165, 1.54) is 0 Å². The highest BCUT2D eigenvalue weighted by atomic mass is 16.3. The maximum atomic E-state index is 12.0. The van der Waals surface area contributed by atoms with Gasteiger partial charge in [0.2, 0.25) is 0 Å². The molecule has 23 heavy (non-hydrogen) atoms. The van der Waals surface area contributed by atoms with Gasteiger partial charge in [0.15, 0.2) is 11.9 Å². The van der Waals surface area contributed by atoms with Crippen molar-refractivity contribution in [3.8, 4) is 0 Å². The van der Waals surface area contributed by atoms with Crippen LogP contribution in [-0.4, -0.2) is 11.4 Å². The zero-order valence-corrected chi connectivity index (χ0v) is 13.1. The molecule has 0 spiro atoms. The Morgan fingerprint density at radius 1 is 0.957 bits per heavy atom. The first-order valence-electron chi connectivity index (χ1n) is 7.92. The third-order valence-corrected chi connectivity index (χ3v) is 4.54. The SMILES string of the molecule is CC[C@@H](c1ccccc1)[C@@](O)(C=O)c1cccc2ccccc12.